The lowest BCUT2D eigenvalue weighted by atomic mass is 10.2. The summed E-state index contributed by atoms with van der Waals surface area (Å²) in [6.45, 7) is 3.10. The summed E-state index contributed by atoms with van der Waals surface area (Å²) in [5, 5.41) is 8.79. The highest BCUT2D eigenvalue weighted by Gasteiger charge is 2.18. The van der Waals surface area contributed by atoms with Crippen LogP contribution in [0.25, 0.3) is 0 Å². The molecule has 0 spiro atoms. The van der Waals surface area contributed by atoms with Crippen molar-refractivity contribution < 1.29 is 13.5 Å². The van der Waals surface area contributed by atoms with E-state index in [1.165, 1.54) is 6.07 Å². The second-order valence-corrected chi connectivity index (χ2v) is 5.34. The number of halogens is 3. The van der Waals surface area contributed by atoms with Crippen LogP contribution in [0.3, 0.4) is 0 Å². The predicted molar refractivity (Wildman–Crippen MR) is 79.3 cm³/mol. The van der Waals surface area contributed by atoms with Crippen LogP contribution in [-0.4, -0.2) is 9.55 Å². The lowest BCUT2D eigenvalue weighted by Crippen LogP contribution is -2.27. The van der Waals surface area contributed by atoms with E-state index in [0.717, 1.165) is 10.6 Å². The summed E-state index contributed by atoms with van der Waals surface area (Å²) in [6.07, 6.45) is 0. The van der Waals surface area contributed by atoms with E-state index in [-0.39, 0.29) is 34.9 Å². The molecule has 5 nitrogen and oxygen atoms in total. The third-order valence-corrected chi connectivity index (χ3v) is 3.35. The van der Waals surface area contributed by atoms with E-state index in [1.54, 1.807) is 19.9 Å². The van der Waals surface area contributed by atoms with Crippen molar-refractivity contribution in [2.75, 3.05) is 0 Å². The summed E-state index contributed by atoms with van der Waals surface area (Å²) in [4.78, 5) is 16.1. The number of nitriles is 1. The first-order valence-electron chi connectivity index (χ1n) is 6.64. The average molecular weight is 340 g/mol. The molecule has 8 heteroatoms. The summed E-state index contributed by atoms with van der Waals surface area (Å²) in [7, 11) is 0. The largest absolute Gasteiger partial charge is 0.471 e. The lowest BCUT2D eigenvalue weighted by molar-refractivity contribution is 0.284. The molecule has 2 aromatic rings. The van der Waals surface area contributed by atoms with Crippen molar-refractivity contribution in [3.8, 4) is 11.9 Å². The monoisotopic (exact) mass is 339 g/mol. The van der Waals surface area contributed by atoms with Crippen LogP contribution in [0.1, 0.15) is 31.3 Å². The minimum atomic E-state index is -0.794. The number of benzene rings is 1. The molecule has 2 rings (SSSR count). The van der Waals surface area contributed by atoms with E-state index >= 15 is 0 Å². The first-order chi connectivity index (χ1) is 10.8. The molecule has 0 bridgehead atoms. The average Bonchev–Trinajstić information content (AvgIpc) is 2.49. The molecule has 0 amide bonds. The lowest BCUT2D eigenvalue weighted by Gasteiger charge is -2.14. The molecule has 0 aliphatic carbocycles. The fourth-order valence-corrected chi connectivity index (χ4v) is 2.12. The van der Waals surface area contributed by atoms with Crippen molar-refractivity contribution >= 4 is 11.6 Å². The molecule has 0 N–H and O–H groups in total. The molecular weight excluding hydrogens is 328 g/mol. The molecule has 0 radical (unpaired) electrons. The quantitative estimate of drug-likeness (QED) is 0.857. The number of nitrogens with zero attached hydrogens (tertiary/aromatic N) is 3. The number of hydrogen-bond donors (Lipinski definition) is 0. The van der Waals surface area contributed by atoms with Crippen LogP contribution in [0, 0.1) is 23.0 Å². The maximum atomic E-state index is 13.6. The van der Waals surface area contributed by atoms with Gasteiger partial charge < -0.3 is 4.74 Å². The van der Waals surface area contributed by atoms with Gasteiger partial charge in [-0.3, -0.25) is 9.36 Å². The van der Waals surface area contributed by atoms with Gasteiger partial charge in [0, 0.05) is 17.7 Å². The van der Waals surface area contributed by atoms with E-state index in [0.29, 0.717) is 6.07 Å². The molecule has 1 heterocycles. The Hall–Kier alpha value is -2.46. The Morgan fingerprint density at radius 2 is 2.13 bits per heavy atom. The summed E-state index contributed by atoms with van der Waals surface area (Å²) in [5.74, 6) is -1.94. The first kappa shape index (κ1) is 16.9. The standard InChI is InChI=1S/C15H12ClF2N3O2/c1-8(2)21-12(6-19)20-14(13(16)15(21)22)23-7-9-3-4-10(17)5-11(9)18/h3-5,8H,7H2,1-2H3. The minimum Gasteiger partial charge on any atom is -0.471 e. The van der Waals surface area contributed by atoms with Crippen molar-refractivity contribution in [2.45, 2.75) is 26.5 Å². The highest BCUT2D eigenvalue weighted by molar-refractivity contribution is 6.31. The van der Waals surface area contributed by atoms with Gasteiger partial charge in [-0.25, -0.2) is 8.78 Å². The summed E-state index contributed by atoms with van der Waals surface area (Å²) < 4.78 is 32.8. The van der Waals surface area contributed by atoms with E-state index in [2.05, 4.69) is 4.98 Å². The normalized spacial score (nSPS) is 10.7. The topological polar surface area (TPSA) is 67.9 Å². The molecule has 0 fully saturated rings. The molecule has 23 heavy (non-hydrogen) atoms. The minimum absolute atomic E-state index is 0.0656. The van der Waals surface area contributed by atoms with Gasteiger partial charge in [-0.05, 0) is 26.0 Å². The van der Waals surface area contributed by atoms with Gasteiger partial charge in [0.1, 0.15) is 24.3 Å². The van der Waals surface area contributed by atoms with Gasteiger partial charge in [0.15, 0.2) is 5.02 Å². The summed E-state index contributed by atoms with van der Waals surface area (Å²) >= 11 is 5.92. The third-order valence-electron chi connectivity index (χ3n) is 3.03. The molecule has 0 saturated carbocycles. The van der Waals surface area contributed by atoms with Crippen LogP contribution < -0.4 is 10.3 Å². The van der Waals surface area contributed by atoms with Gasteiger partial charge in [-0.15, -0.1) is 0 Å². The maximum Gasteiger partial charge on any atom is 0.277 e. The number of aromatic nitrogens is 2. The van der Waals surface area contributed by atoms with Crippen LogP contribution >= 0.6 is 11.6 Å². The number of ether oxygens (including phenoxy) is 1. The van der Waals surface area contributed by atoms with Gasteiger partial charge in [0.25, 0.3) is 5.56 Å². The van der Waals surface area contributed by atoms with Crippen LogP contribution in [-0.2, 0) is 6.61 Å². The molecule has 120 valence electrons. The van der Waals surface area contributed by atoms with Crippen LogP contribution in [0.5, 0.6) is 5.88 Å². The smallest absolute Gasteiger partial charge is 0.277 e. The van der Waals surface area contributed by atoms with Crippen molar-refractivity contribution in [1.82, 2.24) is 9.55 Å². The predicted octanol–water partition coefficient (Wildman–Crippen LogP) is 3.21. The van der Waals surface area contributed by atoms with Crippen LogP contribution in [0.15, 0.2) is 23.0 Å². The van der Waals surface area contributed by atoms with E-state index in [9.17, 15) is 13.6 Å². The van der Waals surface area contributed by atoms with Crippen molar-refractivity contribution in [1.29, 1.82) is 5.26 Å². The first-order valence-corrected chi connectivity index (χ1v) is 7.01. The Morgan fingerprint density at radius 3 is 2.70 bits per heavy atom. The highest BCUT2D eigenvalue weighted by Crippen LogP contribution is 2.21. The second kappa shape index (κ2) is 6.75. The Kier molecular flexibility index (Phi) is 4.96. The zero-order valence-corrected chi connectivity index (χ0v) is 13.1. The molecule has 1 aromatic carbocycles. The number of hydrogen-bond acceptors (Lipinski definition) is 4. The molecule has 0 saturated heterocycles. The maximum absolute atomic E-state index is 13.6. The Morgan fingerprint density at radius 1 is 1.43 bits per heavy atom. The van der Waals surface area contributed by atoms with Gasteiger partial charge in [-0.1, -0.05) is 11.6 Å². The fraction of sp³-hybridized carbons (Fsp3) is 0.267. The Labute approximate surface area is 135 Å². The van der Waals surface area contributed by atoms with Gasteiger partial charge >= 0.3 is 0 Å². The van der Waals surface area contributed by atoms with Crippen LogP contribution in [0.2, 0.25) is 5.02 Å². The van der Waals surface area contributed by atoms with Crippen LogP contribution in [0.4, 0.5) is 8.78 Å². The zero-order chi connectivity index (χ0) is 17.1. The van der Waals surface area contributed by atoms with Crippen molar-refractivity contribution in [3.05, 3.63) is 56.6 Å². The molecular formula is C15H12ClF2N3O2. The second-order valence-electron chi connectivity index (χ2n) is 4.96. The molecule has 0 aliphatic heterocycles. The SMILES string of the molecule is CC(C)n1c(C#N)nc(OCc2ccc(F)cc2F)c(Cl)c1=O. The van der Waals surface area contributed by atoms with Gasteiger partial charge in [-0.2, -0.15) is 10.2 Å². The highest BCUT2D eigenvalue weighted by atomic mass is 35.5. The van der Waals surface area contributed by atoms with Gasteiger partial charge in [0.2, 0.25) is 11.7 Å². The van der Waals surface area contributed by atoms with E-state index in [4.69, 9.17) is 21.6 Å². The molecule has 0 unspecified atom stereocenters. The third kappa shape index (κ3) is 3.48. The van der Waals surface area contributed by atoms with Gasteiger partial charge in [0.05, 0.1) is 0 Å². The fourth-order valence-electron chi connectivity index (χ4n) is 1.93. The zero-order valence-electron chi connectivity index (χ0n) is 12.3. The molecule has 1 aromatic heterocycles. The molecule has 0 atom stereocenters. The van der Waals surface area contributed by atoms with Crippen molar-refractivity contribution in [2.24, 2.45) is 0 Å². The summed E-state index contributed by atoms with van der Waals surface area (Å²) in [5.41, 5.74) is -0.557. The molecule has 0 aliphatic rings. The summed E-state index contributed by atoms with van der Waals surface area (Å²) in [6, 6.07) is 4.48. The van der Waals surface area contributed by atoms with E-state index < -0.39 is 17.2 Å². The van der Waals surface area contributed by atoms with Crippen molar-refractivity contribution in [3.63, 3.8) is 0 Å². The Balaban J connectivity index is 2.36. The number of rotatable bonds is 4. The van der Waals surface area contributed by atoms with E-state index in [1.807, 2.05) is 0 Å². The Bertz CT molecular complexity index is 844.